The van der Waals surface area contributed by atoms with Crippen LogP contribution in [-0.2, 0) is 0 Å². The van der Waals surface area contributed by atoms with Crippen LogP contribution >= 0.6 is 0 Å². The molecule has 0 aliphatic rings. The van der Waals surface area contributed by atoms with Crippen molar-refractivity contribution in [3.63, 3.8) is 0 Å². The molecule has 0 saturated heterocycles. The molecular formula is C56H38N4O2. The number of para-hydroxylation sites is 4. The molecule has 3 heterocycles. The Bertz CT molecular complexity index is 3790. The molecule has 0 amide bonds. The second kappa shape index (κ2) is 14.2. The van der Waals surface area contributed by atoms with Crippen molar-refractivity contribution in [3.8, 4) is 16.8 Å². The van der Waals surface area contributed by atoms with Gasteiger partial charge in [0.2, 0.25) is 0 Å². The normalized spacial score (nSPS) is 13.1. The highest BCUT2D eigenvalue weighted by molar-refractivity contribution is 6.25. The van der Waals surface area contributed by atoms with E-state index < -0.39 is 0 Å². The maximum Gasteiger partial charge on any atom is 0.161 e. The molecule has 9 aromatic carbocycles. The van der Waals surface area contributed by atoms with E-state index in [9.17, 15) is 0 Å². The fourth-order valence-electron chi connectivity index (χ4n) is 9.28. The lowest BCUT2D eigenvalue weighted by atomic mass is 10.00. The van der Waals surface area contributed by atoms with Crippen molar-refractivity contribution < 1.29 is 8.83 Å². The second-order valence-corrected chi connectivity index (χ2v) is 15.9. The number of hydrogen-bond acceptors (Lipinski definition) is 3. The Labute approximate surface area is 356 Å². The second-order valence-electron chi connectivity index (χ2n) is 15.9. The first kappa shape index (κ1) is 35.7. The van der Waals surface area contributed by atoms with Gasteiger partial charge in [0.25, 0.3) is 0 Å². The van der Waals surface area contributed by atoms with E-state index in [1.165, 1.54) is 5.39 Å². The minimum absolute atomic E-state index is 0.291. The van der Waals surface area contributed by atoms with Gasteiger partial charge in [0, 0.05) is 32.3 Å². The fraction of sp³-hybridized carbons (Fsp3) is 0.0357. The van der Waals surface area contributed by atoms with Gasteiger partial charge in [0.15, 0.2) is 5.84 Å². The first-order valence-corrected chi connectivity index (χ1v) is 20.9. The van der Waals surface area contributed by atoms with Crippen molar-refractivity contribution in [1.29, 1.82) is 0 Å². The van der Waals surface area contributed by atoms with Crippen LogP contribution in [0.1, 0.15) is 29.7 Å². The molecule has 3 aromatic heterocycles. The van der Waals surface area contributed by atoms with Crippen LogP contribution in [0.3, 0.4) is 0 Å². The topological polar surface area (TPSA) is 82.0 Å². The van der Waals surface area contributed by atoms with Gasteiger partial charge in [-0.15, -0.1) is 0 Å². The van der Waals surface area contributed by atoms with Gasteiger partial charge in [-0.2, -0.15) is 0 Å². The van der Waals surface area contributed by atoms with Crippen molar-refractivity contribution in [3.05, 3.63) is 211 Å². The molecule has 2 N–H and O–H groups in total. The molecule has 1 unspecified atom stereocenters. The lowest BCUT2D eigenvalue weighted by Crippen LogP contribution is -2.20. The highest BCUT2D eigenvalue weighted by atomic mass is 16.3. The zero-order chi connectivity index (χ0) is 41.3. The minimum atomic E-state index is -0.291. The van der Waals surface area contributed by atoms with Gasteiger partial charge < -0.3 is 19.1 Å². The monoisotopic (exact) mass is 798 g/mol. The predicted molar refractivity (Wildman–Crippen MR) is 257 cm³/mol. The summed E-state index contributed by atoms with van der Waals surface area (Å²) in [5, 5.41) is 8.49. The number of benzene rings is 9. The maximum atomic E-state index is 7.55. The first-order valence-electron chi connectivity index (χ1n) is 20.9. The van der Waals surface area contributed by atoms with E-state index in [1.54, 1.807) is 0 Å². The summed E-state index contributed by atoms with van der Waals surface area (Å²) in [5.41, 5.74) is 18.4. The molecular weight excluding hydrogens is 761 g/mol. The summed E-state index contributed by atoms with van der Waals surface area (Å²) in [6.45, 7) is 2.10. The average molecular weight is 799 g/mol. The summed E-state index contributed by atoms with van der Waals surface area (Å²) in [7, 11) is 0. The average Bonchev–Trinajstić information content (AvgIpc) is 4.00. The van der Waals surface area contributed by atoms with Crippen LogP contribution < -0.4 is 5.73 Å². The Balaban J connectivity index is 1.14. The van der Waals surface area contributed by atoms with E-state index >= 15 is 0 Å². The Kier molecular flexibility index (Phi) is 8.18. The van der Waals surface area contributed by atoms with Gasteiger partial charge in [0.1, 0.15) is 28.2 Å². The molecule has 62 heavy (non-hydrogen) atoms. The zero-order valence-corrected chi connectivity index (χ0v) is 33.8. The predicted octanol–water partition coefficient (Wildman–Crippen LogP) is 14.3. The summed E-state index contributed by atoms with van der Waals surface area (Å²) in [5.74, 6) is 0.773. The zero-order valence-electron chi connectivity index (χ0n) is 33.8. The van der Waals surface area contributed by atoms with Crippen LogP contribution in [0.25, 0.3) is 93.3 Å². The molecule has 0 aliphatic heterocycles. The van der Waals surface area contributed by atoms with Crippen LogP contribution in [0.15, 0.2) is 213 Å². The maximum absolute atomic E-state index is 7.55. The number of nitrogens with two attached hydrogens (primary N) is 1. The highest BCUT2D eigenvalue weighted by Crippen LogP contribution is 2.40. The molecule has 0 bridgehead atoms. The number of nitrogens with zero attached hydrogens (tertiary/aromatic N) is 3. The molecule has 12 rings (SSSR count). The molecule has 0 aliphatic carbocycles. The molecule has 0 spiro atoms. The van der Waals surface area contributed by atoms with Gasteiger partial charge in [-0.1, -0.05) is 140 Å². The van der Waals surface area contributed by atoms with E-state index in [1.807, 2.05) is 54.6 Å². The number of hydrogen-bond donors (Lipinski definition) is 1. The quantitative estimate of drug-likeness (QED) is 0.134. The highest BCUT2D eigenvalue weighted by Gasteiger charge is 2.24. The smallest absolute Gasteiger partial charge is 0.161 e. The number of aliphatic imine (C=N–C) groups is 2. The minimum Gasteiger partial charge on any atom is -0.456 e. The molecule has 6 nitrogen and oxygen atoms in total. The van der Waals surface area contributed by atoms with Gasteiger partial charge >= 0.3 is 0 Å². The number of furan rings is 2. The van der Waals surface area contributed by atoms with E-state index in [0.717, 1.165) is 99.0 Å². The largest absolute Gasteiger partial charge is 0.456 e. The van der Waals surface area contributed by atoms with Crippen LogP contribution in [0.4, 0.5) is 0 Å². The standard InChI is InChI=1S/C56H38N4O2/c1-34(36-19-13-20-37(31-36)35-15-3-2-4-16-35)58-56(44-25-14-24-42-41-22-8-11-27-49(41)62-54(42)44)59-55(57)53-47(29-30-51-52(53)43-23-9-12-28-50(43)61-51)60-46-26-10-7-21-40(46)45-32-38-17-5-6-18-39(38)33-48(45)60/h2-34H,1H3,(H2,57,58,59). The number of aromatic nitrogens is 1. The van der Waals surface area contributed by atoms with Crippen LogP contribution in [0, 0.1) is 0 Å². The molecule has 1 atom stereocenters. The summed E-state index contributed by atoms with van der Waals surface area (Å²) in [4.78, 5) is 10.9. The van der Waals surface area contributed by atoms with E-state index in [0.29, 0.717) is 17.3 Å². The van der Waals surface area contributed by atoms with Gasteiger partial charge in [0.05, 0.1) is 33.9 Å². The van der Waals surface area contributed by atoms with Crippen molar-refractivity contribution in [2.24, 2.45) is 15.7 Å². The Morgan fingerprint density at radius 1 is 0.516 bits per heavy atom. The van der Waals surface area contributed by atoms with Gasteiger partial charge in [-0.25, -0.2) is 4.99 Å². The molecule has 6 heteroatoms. The van der Waals surface area contributed by atoms with Crippen molar-refractivity contribution >= 4 is 88.1 Å². The Hall–Kier alpha value is -8.22. The summed E-state index contributed by atoms with van der Waals surface area (Å²) >= 11 is 0. The number of amidine groups is 2. The Morgan fingerprint density at radius 2 is 1.18 bits per heavy atom. The number of fused-ring (bicyclic) bond motifs is 10. The SMILES string of the molecule is CC(/N=C(\N=C(/N)c1c(-n2c3ccccc3c3cc4ccccc4cc32)ccc2oc3ccccc3c12)c1cccc2c1oc1ccccc12)c1cccc(-c2ccccc2)c1. The first-order chi connectivity index (χ1) is 30.6. The van der Waals surface area contributed by atoms with Crippen molar-refractivity contribution in [2.75, 3.05) is 0 Å². The van der Waals surface area contributed by atoms with Gasteiger partial charge in [-0.3, -0.25) is 4.99 Å². The summed E-state index contributed by atoms with van der Waals surface area (Å²) in [6, 6.07) is 66.9. The molecule has 0 radical (unpaired) electrons. The van der Waals surface area contributed by atoms with E-state index in [-0.39, 0.29) is 6.04 Å². The fourth-order valence-corrected chi connectivity index (χ4v) is 9.28. The van der Waals surface area contributed by atoms with Crippen molar-refractivity contribution in [2.45, 2.75) is 13.0 Å². The lowest BCUT2D eigenvalue weighted by Gasteiger charge is -2.16. The number of rotatable bonds is 6. The molecule has 0 saturated carbocycles. The van der Waals surface area contributed by atoms with Crippen LogP contribution in [0.2, 0.25) is 0 Å². The molecule has 294 valence electrons. The lowest BCUT2D eigenvalue weighted by molar-refractivity contribution is 0.667. The van der Waals surface area contributed by atoms with Crippen LogP contribution in [-0.4, -0.2) is 16.2 Å². The summed E-state index contributed by atoms with van der Waals surface area (Å²) < 4.78 is 15.5. The third-order valence-corrected chi connectivity index (χ3v) is 12.2. The van der Waals surface area contributed by atoms with Gasteiger partial charge in [-0.05, 0) is 89.0 Å². The Morgan fingerprint density at radius 3 is 2.02 bits per heavy atom. The van der Waals surface area contributed by atoms with E-state index in [2.05, 4.69) is 151 Å². The van der Waals surface area contributed by atoms with Crippen molar-refractivity contribution in [1.82, 2.24) is 4.57 Å². The third-order valence-electron chi connectivity index (χ3n) is 12.2. The third kappa shape index (κ3) is 5.72. The van der Waals surface area contributed by atoms with Crippen LogP contribution in [0.5, 0.6) is 0 Å². The summed E-state index contributed by atoms with van der Waals surface area (Å²) in [6.07, 6.45) is 0. The molecule has 12 aromatic rings. The molecule has 0 fully saturated rings. The van der Waals surface area contributed by atoms with E-state index in [4.69, 9.17) is 24.6 Å².